The van der Waals surface area contributed by atoms with Gasteiger partial charge in [0.25, 0.3) is 0 Å². The zero-order valence-corrected chi connectivity index (χ0v) is 13.6. The monoisotopic (exact) mass is 355 g/mol. The van der Waals surface area contributed by atoms with Crippen LogP contribution in [-0.4, -0.2) is 66.3 Å². The van der Waals surface area contributed by atoms with E-state index in [2.05, 4.69) is 20.3 Å². The first kappa shape index (κ1) is 17.1. The highest BCUT2D eigenvalue weighted by molar-refractivity contribution is 6.29. The molecule has 0 amide bonds. The number of nitrogens with one attached hydrogen (secondary N) is 1. The van der Waals surface area contributed by atoms with Crippen molar-refractivity contribution >= 4 is 28.6 Å². The first-order valence-electron chi connectivity index (χ1n) is 7.39. The summed E-state index contributed by atoms with van der Waals surface area (Å²) >= 11 is 5.79. The molecule has 0 bridgehead atoms. The lowest BCUT2D eigenvalue weighted by atomic mass is 10.1. The van der Waals surface area contributed by atoms with Gasteiger partial charge in [-0.05, 0) is 6.92 Å². The zero-order valence-electron chi connectivity index (χ0n) is 12.9. The van der Waals surface area contributed by atoms with Gasteiger partial charge in [-0.3, -0.25) is 4.57 Å². The molecule has 0 spiro atoms. The zero-order chi connectivity index (χ0) is 17.3. The van der Waals surface area contributed by atoms with Crippen molar-refractivity contribution in [3.63, 3.8) is 0 Å². The predicted octanol–water partition coefficient (Wildman–Crippen LogP) is -0.00770. The molecule has 1 aliphatic rings. The van der Waals surface area contributed by atoms with Crippen LogP contribution in [0.15, 0.2) is 23.8 Å². The van der Waals surface area contributed by atoms with Crippen LogP contribution in [-0.2, 0) is 4.74 Å². The molecule has 10 heteroatoms. The van der Waals surface area contributed by atoms with Crippen LogP contribution in [0.5, 0.6) is 0 Å². The third-order valence-corrected chi connectivity index (χ3v) is 3.96. The first-order chi connectivity index (χ1) is 11.5. The molecule has 0 aromatic carbocycles. The minimum atomic E-state index is -1.20. The molecule has 4 N–H and O–H groups in total. The molecule has 1 aliphatic heterocycles. The average Bonchev–Trinajstić information content (AvgIpc) is 3.10. The maximum atomic E-state index is 10.1. The fourth-order valence-electron chi connectivity index (χ4n) is 2.57. The quantitative estimate of drug-likeness (QED) is 0.590. The van der Waals surface area contributed by atoms with Crippen molar-refractivity contribution in [2.75, 3.05) is 18.5 Å². The van der Waals surface area contributed by atoms with E-state index in [1.54, 1.807) is 13.0 Å². The molecule has 3 heterocycles. The maximum absolute atomic E-state index is 10.1. The Labute approximate surface area is 142 Å². The molecule has 2 aromatic heterocycles. The summed E-state index contributed by atoms with van der Waals surface area (Å²) in [5.41, 5.74) is 0.935. The van der Waals surface area contributed by atoms with Gasteiger partial charge in [0.05, 0.1) is 12.9 Å². The Kier molecular flexibility index (Phi) is 4.97. The molecule has 24 heavy (non-hydrogen) atoms. The van der Waals surface area contributed by atoms with E-state index in [0.717, 1.165) is 0 Å². The van der Waals surface area contributed by atoms with Crippen molar-refractivity contribution in [2.45, 2.75) is 31.5 Å². The highest BCUT2D eigenvalue weighted by Gasteiger charge is 2.43. The number of fused-ring (bicyclic) bond motifs is 1. The van der Waals surface area contributed by atoms with Gasteiger partial charge in [-0.25, -0.2) is 15.0 Å². The molecule has 0 radical (unpaired) electrons. The van der Waals surface area contributed by atoms with Crippen LogP contribution in [0.3, 0.4) is 0 Å². The minimum Gasteiger partial charge on any atom is -0.394 e. The van der Waals surface area contributed by atoms with E-state index in [1.807, 2.05) is 0 Å². The summed E-state index contributed by atoms with van der Waals surface area (Å²) in [6.45, 7) is 1.85. The van der Waals surface area contributed by atoms with Gasteiger partial charge in [-0.2, -0.15) is 0 Å². The Morgan fingerprint density at radius 1 is 1.38 bits per heavy atom. The highest BCUT2D eigenvalue weighted by atomic mass is 35.5. The van der Waals surface area contributed by atoms with E-state index in [4.69, 9.17) is 16.3 Å². The van der Waals surface area contributed by atoms with E-state index < -0.39 is 31.1 Å². The molecule has 1 fully saturated rings. The van der Waals surface area contributed by atoms with Gasteiger partial charge in [0, 0.05) is 11.6 Å². The van der Waals surface area contributed by atoms with Gasteiger partial charge in [-0.15, -0.1) is 0 Å². The third-order valence-electron chi connectivity index (χ3n) is 3.80. The number of allylic oxidation sites excluding steroid dienone is 1. The smallest absolute Gasteiger partial charge is 0.167 e. The second kappa shape index (κ2) is 6.99. The largest absolute Gasteiger partial charge is 0.394 e. The van der Waals surface area contributed by atoms with Crippen LogP contribution in [0, 0.1) is 0 Å². The third kappa shape index (κ3) is 3.08. The van der Waals surface area contributed by atoms with E-state index in [9.17, 15) is 15.3 Å². The number of anilines is 1. The van der Waals surface area contributed by atoms with E-state index >= 15 is 0 Å². The lowest BCUT2D eigenvalue weighted by Crippen LogP contribution is -2.33. The number of hydrogen-bond donors (Lipinski definition) is 4. The fraction of sp³-hybridized carbons (Fsp3) is 0.500. The molecular formula is C14H18ClN5O4. The average molecular weight is 356 g/mol. The first-order valence-corrected chi connectivity index (χ1v) is 7.77. The van der Waals surface area contributed by atoms with Crippen molar-refractivity contribution in [3.05, 3.63) is 23.8 Å². The van der Waals surface area contributed by atoms with Crippen LogP contribution in [0.2, 0.25) is 0 Å². The lowest BCUT2D eigenvalue weighted by molar-refractivity contribution is -0.0511. The standard InChI is InChI=1S/C14H18ClN5O4/c1-7(15)2-3-16-12-9-13(18-5-17-12)20(6-19-9)14-11(23)10(22)8(4-21)24-14/h2,5-6,8,10-11,14,21-23H,3-4H2,1H3,(H,16,17,18)/b7-2+/t8-,10?,11?,14-/m1/s1. The van der Waals surface area contributed by atoms with Crippen molar-refractivity contribution in [3.8, 4) is 0 Å². The number of hydrogen-bond acceptors (Lipinski definition) is 8. The topological polar surface area (TPSA) is 126 Å². The molecule has 1 saturated heterocycles. The van der Waals surface area contributed by atoms with Crippen molar-refractivity contribution in [2.24, 2.45) is 0 Å². The number of ether oxygens (including phenoxy) is 1. The van der Waals surface area contributed by atoms with E-state index in [0.29, 0.717) is 28.6 Å². The van der Waals surface area contributed by atoms with Crippen LogP contribution in [0.1, 0.15) is 13.2 Å². The Bertz CT molecular complexity index is 748. The fourth-order valence-corrected chi connectivity index (χ4v) is 2.64. The lowest BCUT2D eigenvalue weighted by Gasteiger charge is -2.16. The number of aliphatic hydroxyl groups excluding tert-OH is 3. The molecular weight excluding hydrogens is 338 g/mol. The minimum absolute atomic E-state index is 0.396. The Balaban J connectivity index is 1.90. The van der Waals surface area contributed by atoms with Crippen molar-refractivity contribution < 1.29 is 20.1 Å². The predicted molar refractivity (Wildman–Crippen MR) is 86.4 cm³/mol. The second-order valence-corrected chi connectivity index (χ2v) is 6.04. The summed E-state index contributed by atoms with van der Waals surface area (Å²) in [5.74, 6) is 0.514. The summed E-state index contributed by atoms with van der Waals surface area (Å²) in [6.07, 6.45) is 0.461. The van der Waals surface area contributed by atoms with Crippen LogP contribution < -0.4 is 5.32 Å². The molecule has 9 nitrogen and oxygen atoms in total. The Morgan fingerprint density at radius 3 is 2.83 bits per heavy atom. The Hall–Kier alpha value is -1.78. The van der Waals surface area contributed by atoms with E-state index in [1.165, 1.54) is 17.2 Å². The number of aliphatic hydroxyl groups is 3. The molecule has 4 atom stereocenters. The van der Waals surface area contributed by atoms with Gasteiger partial charge in [0.2, 0.25) is 0 Å². The second-order valence-electron chi connectivity index (χ2n) is 5.45. The van der Waals surface area contributed by atoms with Gasteiger partial charge in [0.1, 0.15) is 24.6 Å². The maximum Gasteiger partial charge on any atom is 0.167 e. The molecule has 0 saturated carbocycles. The molecule has 2 aromatic rings. The summed E-state index contributed by atoms with van der Waals surface area (Å²) in [5, 5.41) is 33.0. The van der Waals surface area contributed by atoms with Crippen molar-refractivity contribution in [1.29, 1.82) is 0 Å². The highest BCUT2D eigenvalue weighted by Crippen LogP contribution is 2.31. The number of aromatic nitrogens is 4. The molecule has 130 valence electrons. The number of rotatable bonds is 5. The SMILES string of the molecule is C/C(Cl)=C\CNc1ncnc2c1ncn2[C@@H]1O[C@H](CO)C(O)C1O. The number of halogens is 1. The summed E-state index contributed by atoms with van der Waals surface area (Å²) in [4.78, 5) is 12.6. The Morgan fingerprint density at radius 2 is 2.17 bits per heavy atom. The van der Waals surface area contributed by atoms with Crippen LogP contribution in [0.25, 0.3) is 11.2 Å². The van der Waals surface area contributed by atoms with Crippen LogP contribution >= 0.6 is 11.6 Å². The summed E-state index contributed by atoms with van der Waals surface area (Å²) < 4.78 is 7.01. The molecule has 3 rings (SSSR count). The van der Waals surface area contributed by atoms with Gasteiger partial charge < -0.3 is 25.4 Å². The summed E-state index contributed by atoms with van der Waals surface area (Å²) in [6, 6.07) is 0. The number of nitrogens with zero attached hydrogens (tertiary/aromatic N) is 4. The molecule has 2 unspecified atom stereocenters. The van der Waals surface area contributed by atoms with Crippen LogP contribution in [0.4, 0.5) is 5.82 Å². The van der Waals surface area contributed by atoms with Gasteiger partial charge >= 0.3 is 0 Å². The van der Waals surface area contributed by atoms with Gasteiger partial charge in [0.15, 0.2) is 23.2 Å². The molecule has 0 aliphatic carbocycles. The van der Waals surface area contributed by atoms with Crippen molar-refractivity contribution in [1.82, 2.24) is 19.5 Å². The number of imidazole rings is 1. The normalized spacial score (nSPS) is 27.8. The summed E-state index contributed by atoms with van der Waals surface area (Å²) in [7, 11) is 0. The van der Waals surface area contributed by atoms with Gasteiger partial charge in [-0.1, -0.05) is 17.7 Å². The van der Waals surface area contributed by atoms with E-state index in [-0.39, 0.29) is 0 Å².